The van der Waals surface area contributed by atoms with E-state index in [1.807, 2.05) is 24.3 Å². The van der Waals surface area contributed by atoms with Crippen LogP contribution in [-0.2, 0) is 0 Å². The molecular weight excluding hydrogens is 364 g/mol. The molecule has 2 aromatic heterocycles. The van der Waals surface area contributed by atoms with Crippen LogP contribution in [0.3, 0.4) is 0 Å². The van der Waals surface area contributed by atoms with Gasteiger partial charge in [0.2, 0.25) is 0 Å². The molecule has 0 spiro atoms. The number of benzene rings is 2. The first-order valence-electron chi connectivity index (χ1n) is 8.29. The third-order valence-corrected chi connectivity index (χ3v) is 3.96. The first-order chi connectivity index (χ1) is 13.6. The number of aromatic nitrogens is 3. The minimum atomic E-state index is -0.974. The second-order valence-electron chi connectivity index (χ2n) is 5.88. The summed E-state index contributed by atoms with van der Waals surface area (Å²) >= 11 is 0. The van der Waals surface area contributed by atoms with E-state index in [1.165, 1.54) is 18.5 Å². The van der Waals surface area contributed by atoms with Gasteiger partial charge in [-0.2, -0.15) is 0 Å². The van der Waals surface area contributed by atoms with Crippen LogP contribution in [-0.4, -0.2) is 20.9 Å². The molecule has 0 aliphatic rings. The first-order valence-corrected chi connectivity index (χ1v) is 8.29. The normalized spacial score (nSPS) is 10.6. The molecule has 2 heterocycles. The molecule has 0 saturated heterocycles. The number of nitrogens with zero attached hydrogens (tertiary/aromatic N) is 3. The summed E-state index contributed by atoms with van der Waals surface area (Å²) in [5.74, 6) is -2.07. The van der Waals surface area contributed by atoms with E-state index >= 15 is 0 Å². The summed E-state index contributed by atoms with van der Waals surface area (Å²) < 4.78 is 26.2. The Labute approximate surface area is 158 Å². The van der Waals surface area contributed by atoms with E-state index in [0.29, 0.717) is 16.9 Å². The molecule has 138 valence electrons. The van der Waals surface area contributed by atoms with Crippen LogP contribution in [0.4, 0.5) is 26.0 Å². The van der Waals surface area contributed by atoms with Crippen molar-refractivity contribution in [2.75, 3.05) is 10.6 Å². The van der Waals surface area contributed by atoms with Gasteiger partial charge in [0.25, 0.3) is 5.91 Å². The highest BCUT2D eigenvalue weighted by atomic mass is 19.2. The summed E-state index contributed by atoms with van der Waals surface area (Å²) in [6.07, 6.45) is 4.27. The maximum Gasteiger partial charge on any atom is 0.275 e. The van der Waals surface area contributed by atoms with Crippen LogP contribution in [0, 0.1) is 11.6 Å². The molecule has 8 heteroatoms. The van der Waals surface area contributed by atoms with Crippen molar-refractivity contribution in [1.82, 2.24) is 15.0 Å². The molecule has 4 rings (SSSR count). The summed E-state index contributed by atoms with van der Waals surface area (Å²) in [4.78, 5) is 24.9. The van der Waals surface area contributed by atoms with Gasteiger partial charge in [0, 0.05) is 23.3 Å². The molecular formula is C20H13F2N5O. The van der Waals surface area contributed by atoms with Crippen LogP contribution in [0.1, 0.15) is 10.5 Å². The second-order valence-corrected chi connectivity index (χ2v) is 5.88. The fraction of sp³-hybridized carbons (Fsp3) is 0. The van der Waals surface area contributed by atoms with Crippen molar-refractivity contribution < 1.29 is 13.6 Å². The van der Waals surface area contributed by atoms with Crippen molar-refractivity contribution in [2.45, 2.75) is 0 Å². The zero-order chi connectivity index (χ0) is 19.5. The van der Waals surface area contributed by atoms with Gasteiger partial charge in [0.05, 0.1) is 23.6 Å². The van der Waals surface area contributed by atoms with Crippen LogP contribution < -0.4 is 10.6 Å². The van der Waals surface area contributed by atoms with Crippen molar-refractivity contribution in [1.29, 1.82) is 0 Å². The van der Waals surface area contributed by atoms with Gasteiger partial charge < -0.3 is 10.6 Å². The Bertz CT molecular complexity index is 1160. The molecule has 0 saturated carbocycles. The van der Waals surface area contributed by atoms with Gasteiger partial charge in [-0.15, -0.1) is 0 Å². The van der Waals surface area contributed by atoms with Crippen LogP contribution in [0.15, 0.2) is 67.1 Å². The van der Waals surface area contributed by atoms with Crippen molar-refractivity contribution in [3.05, 3.63) is 84.4 Å². The van der Waals surface area contributed by atoms with Gasteiger partial charge in [0.1, 0.15) is 11.5 Å². The maximum absolute atomic E-state index is 13.3. The smallest absolute Gasteiger partial charge is 0.275 e. The van der Waals surface area contributed by atoms with Gasteiger partial charge >= 0.3 is 0 Å². The quantitative estimate of drug-likeness (QED) is 0.554. The molecule has 0 radical (unpaired) electrons. The minimum absolute atomic E-state index is 0.101. The van der Waals surface area contributed by atoms with E-state index in [4.69, 9.17) is 0 Å². The fourth-order valence-electron chi connectivity index (χ4n) is 2.62. The Hall–Kier alpha value is -3.94. The number of halogens is 2. The van der Waals surface area contributed by atoms with E-state index < -0.39 is 17.5 Å². The zero-order valence-electron chi connectivity index (χ0n) is 14.4. The predicted molar refractivity (Wildman–Crippen MR) is 101 cm³/mol. The average Bonchev–Trinajstić information content (AvgIpc) is 2.71. The molecule has 6 nitrogen and oxygen atoms in total. The molecule has 0 unspecified atom stereocenters. The number of amides is 1. The lowest BCUT2D eigenvalue weighted by molar-refractivity contribution is 0.102. The molecule has 2 N–H and O–H groups in total. The molecule has 0 bridgehead atoms. The number of pyridine rings is 1. The first kappa shape index (κ1) is 17.5. The topological polar surface area (TPSA) is 79.8 Å². The number of hydrogen-bond acceptors (Lipinski definition) is 5. The number of para-hydroxylation sites is 1. The number of rotatable bonds is 4. The molecule has 0 aliphatic carbocycles. The Kier molecular flexibility index (Phi) is 4.59. The lowest BCUT2D eigenvalue weighted by Gasteiger charge is -2.08. The highest BCUT2D eigenvalue weighted by Crippen LogP contribution is 2.21. The van der Waals surface area contributed by atoms with Crippen molar-refractivity contribution >= 4 is 34.0 Å². The van der Waals surface area contributed by atoms with Gasteiger partial charge in [-0.25, -0.2) is 18.7 Å². The lowest BCUT2D eigenvalue weighted by Crippen LogP contribution is -2.14. The van der Waals surface area contributed by atoms with Gasteiger partial charge in [0.15, 0.2) is 11.6 Å². The maximum atomic E-state index is 13.3. The number of carbonyl (C=O) groups is 1. The van der Waals surface area contributed by atoms with E-state index in [0.717, 1.165) is 17.5 Å². The van der Waals surface area contributed by atoms with Crippen molar-refractivity contribution in [2.24, 2.45) is 0 Å². The van der Waals surface area contributed by atoms with Crippen LogP contribution in [0.25, 0.3) is 10.9 Å². The number of anilines is 3. The molecule has 0 fully saturated rings. The Morgan fingerprint density at radius 2 is 1.75 bits per heavy atom. The highest BCUT2D eigenvalue weighted by Gasteiger charge is 2.11. The zero-order valence-corrected chi connectivity index (χ0v) is 14.4. The number of hydrogen-bond donors (Lipinski definition) is 2. The van der Waals surface area contributed by atoms with Crippen LogP contribution in [0.5, 0.6) is 0 Å². The van der Waals surface area contributed by atoms with Crippen molar-refractivity contribution in [3.63, 3.8) is 0 Å². The van der Waals surface area contributed by atoms with Gasteiger partial charge in [-0.3, -0.25) is 9.78 Å². The monoisotopic (exact) mass is 377 g/mol. The van der Waals surface area contributed by atoms with Gasteiger partial charge in [-0.05, 0) is 24.3 Å². The summed E-state index contributed by atoms with van der Waals surface area (Å²) in [7, 11) is 0. The lowest BCUT2D eigenvalue weighted by atomic mass is 10.2. The molecule has 0 atom stereocenters. The Morgan fingerprint density at radius 1 is 0.893 bits per heavy atom. The third kappa shape index (κ3) is 3.61. The SMILES string of the molecule is O=C(Nc1cccc2cccnc12)c1cnc(Nc2ccc(F)c(F)c2)cn1. The third-order valence-electron chi connectivity index (χ3n) is 3.96. The van der Waals surface area contributed by atoms with Crippen LogP contribution in [0.2, 0.25) is 0 Å². The van der Waals surface area contributed by atoms with Crippen LogP contribution >= 0.6 is 0 Å². The second kappa shape index (κ2) is 7.36. The summed E-state index contributed by atoms with van der Waals surface area (Å²) in [6.45, 7) is 0. The Balaban J connectivity index is 1.50. The van der Waals surface area contributed by atoms with Gasteiger partial charge in [-0.1, -0.05) is 18.2 Å². The molecule has 4 aromatic rings. The number of nitrogens with one attached hydrogen (secondary N) is 2. The highest BCUT2D eigenvalue weighted by molar-refractivity contribution is 6.07. The number of carbonyl (C=O) groups excluding carboxylic acids is 1. The largest absolute Gasteiger partial charge is 0.339 e. The fourth-order valence-corrected chi connectivity index (χ4v) is 2.62. The van der Waals surface area contributed by atoms with E-state index in [-0.39, 0.29) is 11.5 Å². The molecule has 28 heavy (non-hydrogen) atoms. The predicted octanol–water partition coefficient (Wildman–Crippen LogP) is 4.30. The van der Waals surface area contributed by atoms with E-state index in [2.05, 4.69) is 25.6 Å². The number of fused-ring (bicyclic) bond motifs is 1. The molecule has 0 aliphatic heterocycles. The standard InChI is InChI=1S/C20H13F2N5O/c21-14-7-6-13(9-15(14)22)26-18-11-24-17(10-25-18)20(28)27-16-5-1-3-12-4-2-8-23-19(12)16/h1-11H,(H,25,26)(H,27,28). The summed E-state index contributed by atoms with van der Waals surface area (Å²) in [5, 5.41) is 6.46. The minimum Gasteiger partial charge on any atom is -0.339 e. The van der Waals surface area contributed by atoms with E-state index in [9.17, 15) is 13.6 Å². The Morgan fingerprint density at radius 3 is 2.54 bits per heavy atom. The average molecular weight is 377 g/mol. The molecule has 1 amide bonds. The molecule has 2 aromatic carbocycles. The van der Waals surface area contributed by atoms with E-state index in [1.54, 1.807) is 12.3 Å². The summed E-state index contributed by atoms with van der Waals surface area (Å²) in [6, 6.07) is 12.6. The summed E-state index contributed by atoms with van der Waals surface area (Å²) in [5.41, 5.74) is 1.65. The van der Waals surface area contributed by atoms with Crippen molar-refractivity contribution in [3.8, 4) is 0 Å².